The van der Waals surface area contributed by atoms with Crippen molar-refractivity contribution in [2.45, 2.75) is 45.3 Å². The zero-order valence-corrected chi connectivity index (χ0v) is 15.2. The van der Waals surface area contributed by atoms with Gasteiger partial charge < -0.3 is 0 Å². The zero-order chi connectivity index (χ0) is 17.2. The van der Waals surface area contributed by atoms with Gasteiger partial charge in [0.25, 0.3) is 5.91 Å². The number of nitrogens with zero attached hydrogens (tertiary/aromatic N) is 1. The lowest BCUT2D eigenvalue weighted by atomic mass is 9.77. The van der Waals surface area contributed by atoms with E-state index in [1.54, 1.807) is 24.3 Å². The summed E-state index contributed by atoms with van der Waals surface area (Å²) < 4.78 is 27.1. The van der Waals surface area contributed by atoms with Crippen molar-refractivity contribution in [3.05, 3.63) is 35.9 Å². The van der Waals surface area contributed by atoms with Crippen LogP contribution in [0.3, 0.4) is 0 Å². The smallest absolute Gasteiger partial charge is 0.267 e. The van der Waals surface area contributed by atoms with Crippen LogP contribution in [0.4, 0.5) is 0 Å². The number of sulfonamides is 1. The van der Waals surface area contributed by atoms with Gasteiger partial charge in [-0.25, -0.2) is 12.7 Å². The molecule has 5 heteroatoms. The summed E-state index contributed by atoms with van der Waals surface area (Å²) in [4.78, 5) is 12.5. The lowest BCUT2D eigenvalue weighted by Crippen LogP contribution is -2.46. The maximum atomic E-state index is 13.1. The van der Waals surface area contributed by atoms with Crippen LogP contribution >= 0.6 is 0 Å². The Hall–Kier alpha value is -1.36. The van der Waals surface area contributed by atoms with Gasteiger partial charge in [0.15, 0.2) is 0 Å². The SMILES string of the molecule is CC1CCC(C(C)C)C(S(=O)(=O)N(C)C(=O)c2ccccc2)C1. The largest absolute Gasteiger partial charge is 0.268 e. The van der Waals surface area contributed by atoms with Gasteiger partial charge in [0.1, 0.15) is 0 Å². The third-order valence-electron chi connectivity index (χ3n) is 5.03. The van der Waals surface area contributed by atoms with Crippen molar-refractivity contribution in [3.8, 4) is 0 Å². The molecule has 1 aromatic carbocycles. The molecule has 1 saturated carbocycles. The zero-order valence-electron chi connectivity index (χ0n) is 14.4. The van der Waals surface area contributed by atoms with Crippen LogP contribution < -0.4 is 0 Å². The monoisotopic (exact) mass is 337 g/mol. The molecule has 0 aromatic heterocycles. The quantitative estimate of drug-likeness (QED) is 0.844. The van der Waals surface area contributed by atoms with Gasteiger partial charge in [-0.3, -0.25) is 4.79 Å². The van der Waals surface area contributed by atoms with Crippen LogP contribution in [0.15, 0.2) is 30.3 Å². The number of hydrogen-bond donors (Lipinski definition) is 0. The summed E-state index contributed by atoms with van der Waals surface area (Å²) in [6.45, 7) is 6.24. The highest BCUT2D eigenvalue weighted by atomic mass is 32.2. The lowest BCUT2D eigenvalue weighted by Gasteiger charge is -2.38. The molecular weight excluding hydrogens is 310 g/mol. The van der Waals surface area contributed by atoms with E-state index in [2.05, 4.69) is 20.8 Å². The Kier molecular flexibility index (Phi) is 5.50. The van der Waals surface area contributed by atoms with Crippen molar-refractivity contribution >= 4 is 15.9 Å². The van der Waals surface area contributed by atoms with E-state index in [1.165, 1.54) is 7.05 Å². The second-order valence-electron chi connectivity index (χ2n) is 7.05. The first-order chi connectivity index (χ1) is 10.7. The van der Waals surface area contributed by atoms with Gasteiger partial charge in [0.05, 0.1) is 5.25 Å². The van der Waals surface area contributed by atoms with E-state index in [0.29, 0.717) is 23.8 Å². The second-order valence-corrected chi connectivity index (χ2v) is 9.23. The first-order valence-corrected chi connectivity index (χ1v) is 9.82. The number of benzene rings is 1. The van der Waals surface area contributed by atoms with Crippen molar-refractivity contribution in [1.82, 2.24) is 4.31 Å². The highest BCUT2D eigenvalue weighted by Crippen LogP contribution is 2.38. The molecule has 0 radical (unpaired) electrons. The molecule has 1 aromatic rings. The van der Waals surface area contributed by atoms with E-state index in [4.69, 9.17) is 0 Å². The Labute approximate surface area is 139 Å². The normalized spacial score (nSPS) is 25.3. The maximum Gasteiger partial charge on any atom is 0.267 e. The molecule has 4 nitrogen and oxygen atoms in total. The van der Waals surface area contributed by atoms with Crippen LogP contribution in [0.5, 0.6) is 0 Å². The molecule has 0 spiro atoms. The fourth-order valence-corrected chi connectivity index (χ4v) is 5.74. The van der Waals surface area contributed by atoms with E-state index < -0.39 is 21.2 Å². The minimum absolute atomic E-state index is 0.113. The summed E-state index contributed by atoms with van der Waals surface area (Å²) in [5, 5.41) is -0.469. The van der Waals surface area contributed by atoms with Crippen molar-refractivity contribution in [2.75, 3.05) is 7.05 Å². The highest BCUT2D eigenvalue weighted by molar-refractivity contribution is 7.90. The number of hydrogen-bond acceptors (Lipinski definition) is 3. The van der Waals surface area contributed by atoms with Gasteiger partial charge in [-0.2, -0.15) is 0 Å². The van der Waals surface area contributed by atoms with Gasteiger partial charge in [0, 0.05) is 12.6 Å². The van der Waals surface area contributed by atoms with Gasteiger partial charge in [-0.05, 0) is 42.7 Å². The van der Waals surface area contributed by atoms with E-state index in [1.807, 2.05) is 6.07 Å². The molecule has 0 aliphatic heterocycles. The van der Waals surface area contributed by atoms with Crippen molar-refractivity contribution in [2.24, 2.45) is 17.8 Å². The molecule has 0 saturated heterocycles. The Balaban J connectivity index is 2.29. The molecule has 23 heavy (non-hydrogen) atoms. The minimum Gasteiger partial charge on any atom is -0.268 e. The molecular formula is C18H27NO3S. The lowest BCUT2D eigenvalue weighted by molar-refractivity contribution is 0.0878. The Morgan fingerprint density at radius 3 is 2.35 bits per heavy atom. The second kappa shape index (κ2) is 7.04. The summed E-state index contributed by atoms with van der Waals surface area (Å²) in [6.07, 6.45) is 2.61. The minimum atomic E-state index is -3.65. The van der Waals surface area contributed by atoms with Crippen LogP contribution in [0.1, 0.15) is 50.4 Å². The van der Waals surface area contributed by atoms with Gasteiger partial charge >= 0.3 is 0 Å². The number of carbonyl (C=O) groups is 1. The summed E-state index contributed by atoms with van der Waals surface area (Å²) in [5.74, 6) is 0.334. The third kappa shape index (κ3) is 3.77. The first kappa shape index (κ1) is 18.0. The van der Waals surface area contributed by atoms with Gasteiger partial charge in [0.2, 0.25) is 10.0 Å². The molecule has 2 rings (SSSR count). The molecule has 1 aliphatic carbocycles. The molecule has 1 aliphatic rings. The average Bonchev–Trinajstić information content (AvgIpc) is 2.53. The van der Waals surface area contributed by atoms with Crippen LogP contribution in [-0.2, 0) is 10.0 Å². The molecule has 1 amide bonds. The van der Waals surface area contributed by atoms with Gasteiger partial charge in [-0.15, -0.1) is 0 Å². The fourth-order valence-electron chi connectivity index (χ4n) is 3.54. The van der Waals surface area contributed by atoms with Crippen molar-refractivity contribution < 1.29 is 13.2 Å². The Morgan fingerprint density at radius 2 is 1.78 bits per heavy atom. The predicted octanol–water partition coefficient (Wildman–Crippen LogP) is 3.55. The standard InChI is InChI=1S/C18H27NO3S/c1-13(2)16-11-10-14(3)12-17(16)23(21,22)19(4)18(20)15-8-6-5-7-9-15/h5-9,13-14,16-17H,10-12H2,1-4H3. The van der Waals surface area contributed by atoms with Crippen LogP contribution in [-0.4, -0.2) is 30.9 Å². The molecule has 0 heterocycles. The topological polar surface area (TPSA) is 54.5 Å². The van der Waals surface area contributed by atoms with E-state index in [-0.39, 0.29) is 5.92 Å². The maximum absolute atomic E-state index is 13.1. The van der Waals surface area contributed by atoms with Crippen LogP contribution in [0, 0.1) is 17.8 Å². The molecule has 3 atom stereocenters. The van der Waals surface area contributed by atoms with Gasteiger partial charge in [-0.1, -0.05) is 45.4 Å². The van der Waals surface area contributed by atoms with E-state index in [9.17, 15) is 13.2 Å². The summed E-state index contributed by atoms with van der Waals surface area (Å²) >= 11 is 0. The van der Waals surface area contributed by atoms with Crippen LogP contribution in [0.25, 0.3) is 0 Å². The number of amides is 1. The Bertz CT molecular complexity index is 639. The fraction of sp³-hybridized carbons (Fsp3) is 0.611. The molecule has 128 valence electrons. The summed E-state index contributed by atoms with van der Waals surface area (Å²) in [5.41, 5.74) is 0.406. The van der Waals surface area contributed by atoms with Crippen molar-refractivity contribution in [3.63, 3.8) is 0 Å². The average molecular weight is 337 g/mol. The molecule has 1 fully saturated rings. The third-order valence-corrected chi connectivity index (χ3v) is 7.27. The van der Waals surface area contributed by atoms with Crippen molar-refractivity contribution in [1.29, 1.82) is 0 Å². The number of carbonyl (C=O) groups excluding carboxylic acids is 1. The summed E-state index contributed by atoms with van der Waals surface area (Å²) in [7, 11) is -2.26. The highest BCUT2D eigenvalue weighted by Gasteiger charge is 2.42. The molecule has 3 unspecified atom stereocenters. The molecule has 0 N–H and O–H groups in total. The molecule has 0 bridgehead atoms. The summed E-state index contributed by atoms with van der Waals surface area (Å²) in [6, 6.07) is 8.60. The van der Waals surface area contributed by atoms with E-state index >= 15 is 0 Å². The number of rotatable bonds is 4. The van der Waals surface area contributed by atoms with E-state index in [0.717, 1.165) is 17.1 Å². The first-order valence-electron chi connectivity index (χ1n) is 8.32. The van der Waals surface area contributed by atoms with Crippen LogP contribution in [0.2, 0.25) is 0 Å². The Morgan fingerprint density at radius 1 is 1.17 bits per heavy atom. The predicted molar refractivity (Wildman–Crippen MR) is 92.6 cm³/mol.